The average Bonchev–Trinajstić information content (AvgIpc) is 3.09. The van der Waals surface area contributed by atoms with E-state index in [0.717, 1.165) is 11.3 Å². The molecule has 0 amide bonds. The summed E-state index contributed by atoms with van der Waals surface area (Å²) in [5, 5.41) is 12.9. The van der Waals surface area contributed by atoms with Crippen LogP contribution in [0.5, 0.6) is 0 Å². The summed E-state index contributed by atoms with van der Waals surface area (Å²) in [4.78, 5) is 19.9. The lowest BCUT2D eigenvalue weighted by Crippen LogP contribution is -2.17. The molecular formula is C17H21N3O3. The molecule has 1 aromatic heterocycles. The second-order valence-corrected chi connectivity index (χ2v) is 5.21. The predicted molar refractivity (Wildman–Crippen MR) is 87.4 cm³/mol. The van der Waals surface area contributed by atoms with E-state index in [1.165, 1.54) is 0 Å². The molecule has 1 unspecified atom stereocenters. The van der Waals surface area contributed by atoms with Crippen LogP contribution >= 0.6 is 0 Å². The third kappa shape index (κ3) is 5.25. The molecule has 0 saturated heterocycles. The number of benzene rings is 1. The SMILES string of the molecule is CC(/C(=N\OCCCCC(=O)O)c1ccccc1)n1ccnc1. The van der Waals surface area contributed by atoms with Crippen molar-refractivity contribution in [1.82, 2.24) is 9.55 Å². The van der Waals surface area contributed by atoms with E-state index in [-0.39, 0.29) is 12.5 Å². The van der Waals surface area contributed by atoms with Crippen LogP contribution in [0.2, 0.25) is 0 Å². The molecule has 0 aliphatic rings. The number of nitrogens with zero attached hydrogens (tertiary/aromatic N) is 3. The van der Waals surface area contributed by atoms with E-state index in [0.29, 0.717) is 19.4 Å². The van der Waals surface area contributed by atoms with Gasteiger partial charge in [-0.3, -0.25) is 4.79 Å². The number of aliphatic carboxylic acids is 1. The van der Waals surface area contributed by atoms with Crippen LogP contribution in [-0.4, -0.2) is 32.9 Å². The van der Waals surface area contributed by atoms with Crippen LogP contribution in [-0.2, 0) is 9.63 Å². The third-order valence-corrected chi connectivity index (χ3v) is 3.48. The van der Waals surface area contributed by atoms with Crippen LogP contribution in [0.3, 0.4) is 0 Å². The summed E-state index contributed by atoms with van der Waals surface area (Å²) in [6.07, 6.45) is 6.77. The van der Waals surface area contributed by atoms with Crippen LogP contribution in [0.25, 0.3) is 0 Å². The van der Waals surface area contributed by atoms with Crippen LogP contribution < -0.4 is 0 Å². The Balaban J connectivity index is 2.02. The van der Waals surface area contributed by atoms with Gasteiger partial charge in [0.25, 0.3) is 0 Å². The number of imidazole rings is 1. The predicted octanol–water partition coefficient (Wildman–Crippen LogP) is 3.12. The molecule has 0 fully saturated rings. The van der Waals surface area contributed by atoms with E-state index in [1.54, 1.807) is 12.5 Å². The average molecular weight is 315 g/mol. The van der Waals surface area contributed by atoms with Gasteiger partial charge in [0, 0.05) is 24.4 Å². The number of unbranched alkanes of at least 4 members (excludes halogenated alkanes) is 1. The fraction of sp³-hybridized carbons (Fsp3) is 0.353. The number of hydrogen-bond donors (Lipinski definition) is 1. The van der Waals surface area contributed by atoms with Gasteiger partial charge >= 0.3 is 5.97 Å². The molecule has 6 heteroatoms. The first-order valence-corrected chi connectivity index (χ1v) is 7.63. The topological polar surface area (TPSA) is 76.7 Å². The second-order valence-electron chi connectivity index (χ2n) is 5.21. The van der Waals surface area contributed by atoms with Crippen LogP contribution in [0.1, 0.15) is 37.8 Å². The molecule has 1 N–H and O–H groups in total. The van der Waals surface area contributed by atoms with Crippen LogP contribution in [0.15, 0.2) is 54.2 Å². The first-order valence-electron chi connectivity index (χ1n) is 7.63. The Morgan fingerprint density at radius 3 is 2.78 bits per heavy atom. The van der Waals surface area contributed by atoms with Crippen molar-refractivity contribution in [2.45, 2.75) is 32.2 Å². The maximum atomic E-state index is 10.5. The summed E-state index contributed by atoms with van der Waals surface area (Å²) in [6.45, 7) is 2.43. The summed E-state index contributed by atoms with van der Waals surface area (Å²) >= 11 is 0. The molecular weight excluding hydrogens is 294 g/mol. The van der Waals surface area contributed by atoms with E-state index in [4.69, 9.17) is 9.94 Å². The van der Waals surface area contributed by atoms with Gasteiger partial charge in [0.1, 0.15) is 12.3 Å². The molecule has 0 spiro atoms. The normalized spacial score (nSPS) is 12.8. The van der Waals surface area contributed by atoms with E-state index in [9.17, 15) is 4.79 Å². The molecule has 2 rings (SSSR count). The number of hydrogen-bond acceptors (Lipinski definition) is 4. The number of rotatable bonds is 9. The van der Waals surface area contributed by atoms with Gasteiger partial charge in [0.05, 0.1) is 12.4 Å². The van der Waals surface area contributed by atoms with Crippen molar-refractivity contribution >= 4 is 11.7 Å². The lowest BCUT2D eigenvalue weighted by Gasteiger charge is -2.16. The first kappa shape index (κ1) is 16.7. The standard InChI is InChI=1S/C17H21N3O3/c1-14(20-11-10-18-13-20)17(15-7-3-2-4-8-15)19-23-12-6-5-9-16(21)22/h2-4,7-8,10-11,13-14H,5-6,9,12H2,1H3,(H,21,22)/b19-17+. The Labute approximate surface area is 135 Å². The lowest BCUT2D eigenvalue weighted by molar-refractivity contribution is -0.137. The van der Waals surface area contributed by atoms with E-state index >= 15 is 0 Å². The zero-order chi connectivity index (χ0) is 16.5. The largest absolute Gasteiger partial charge is 0.481 e. The fourth-order valence-corrected chi connectivity index (χ4v) is 2.18. The molecule has 2 aromatic rings. The van der Waals surface area contributed by atoms with E-state index in [2.05, 4.69) is 10.1 Å². The number of aromatic nitrogens is 2. The molecule has 122 valence electrons. The van der Waals surface area contributed by atoms with Crippen molar-refractivity contribution in [3.8, 4) is 0 Å². The van der Waals surface area contributed by atoms with Crippen molar-refractivity contribution in [3.05, 3.63) is 54.6 Å². The quantitative estimate of drug-likeness (QED) is 0.438. The Kier molecular flexibility index (Phi) is 6.35. The number of carbonyl (C=O) groups is 1. The summed E-state index contributed by atoms with van der Waals surface area (Å²) in [7, 11) is 0. The van der Waals surface area contributed by atoms with E-state index in [1.807, 2.05) is 48.0 Å². The Morgan fingerprint density at radius 1 is 1.35 bits per heavy atom. The summed E-state index contributed by atoms with van der Waals surface area (Å²) < 4.78 is 1.96. The van der Waals surface area contributed by atoms with Gasteiger partial charge in [0.15, 0.2) is 0 Å². The first-order chi connectivity index (χ1) is 11.2. The number of carboxylic acids is 1. The molecule has 1 aromatic carbocycles. The smallest absolute Gasteiger partial charge is 0.303 e. The third-order valence-electron chi connectivity index (χ3n) is 3.48. The fourth-order valence-electron chi connectivity index (χ4n) is 2.18. The Hall–Kier alpha value is -2.63. The molecule has 0 aliphatic carbocycles. The summed E-state index contributed by atoms with van der Waals surface area (Å²) in [5.74, 6) is -0.785. The van der Waals surface area contributed by atoms with Crippen molar-refractivity contribution < 1.29 is 14.7 Å². The highest BCUT2D eigenvalue weighted by atomic mass is 16.6. The number of carboxylic acid groups (broad SMARTS) is 1. The minimum absolute atomic E-state index is 0.0149. The zero-order valence-electron chi connectivity index (χ0n) is 13.1. The van der Waals surface area contributed by atoms with E-state index < -0.39 is 5.97 Å². The van der Waals surface area contributed by atoms with Gasteiger partial charge in [-0.05, 0) is 19.8 Å². The molecule has 1 heterocycles. The van der Waals surface area contributed by atoms with Gasteiger partial charge in [-0.1, -0.05) is 35.5 Å². The lowest BCUT2D eigenvalue weighted by atomic mass is 10.0. The zero-order valence-corrected chi connectivity index (χ0v) is 13.1. The number of oxime groups is 1. The Morgan fingerprint density at radius 2 is 2.13 bits per heavy atom. The minimum atomic E-state index is -0.785. The maximum Gasteiger partial charge on any atom is 0.303 e. The van der Waals surface area contributed by atoms with Crippen LogP contribution in [0, 0.1) is 0 Å². The molecule has 6 nitrogen and oxygen atoms in total. The minimum Gasteiger partial charge on any atom is -0.481 e. The van der Waals surface area contributed by atoms with Crippen molar-refractivity contribution in [3.63, 3.8) is 0 Å². The molecule has 0 saturated carbocycles. The maximum absolute atomic E-state index is 10.5. The molecule has 23 heavy (non-hydrogen) atoms. The van der Waals surface area contributed by atoms with Crippen molar-refractivity contribution in [1.29, 1.82) is 0 Å². The molecule has 0 radical (unpaired) electrons. The highest BCUT2D eigenvalue weighted by Gasteiger charge is 2.15. The van der Waals surface area contributed by atoms with Crippen molar-refractivity contribution in [2.24, 2.45) is 5.16 Å². The Bertz CT molecular complexity index is 624. The van der Waals surface area contributed by atoms with Gasteiger partial charge < -0.3 is 14.5 Å². The molecule has 0 bridgehead atoms. The molecule has 1 atom stereocenters. The monoisotopic (exact) mass is 315 g/mol. The molecule has 0 aliphatic heterocycles. The summed E-state index contributed by atoms with van der Waals surface area (Å²) in [5.41, 5.74) is 1.79. The highest BCUT2D eigenvalue weighted by Crippen LogP contribution is 2.15. The van der Waals surface area contributed by atoms with Gasteiger partial charge in [-0.2, -0.15) is 0 Å². The van der Waals surface area contributed by atoms with Crippen LogP contribution in [0.4, 0.5) is 0 Å². The van der Waals surface area contributed by atoms with Gasteiger partial charge in [-0.15, -0.1) is 0 Å². The van der Waals surface area contributed by atoms with Crippen molar-refractivity contribution in [2.75, 3.05) is 6.61 Å². The second kappa shape index (κ2) is 8.73. The highest BCUT2D eigenvalue weighted by molar-refractivity contribution is 6.02. The summed E-state index contributed by atoms with van der Waals surface area (Å²) in [6, 6.07) is 9.82. The van der Waals surface area contributed by atoms with Gasteiger partial charge in [0.2, 0.25) is 0 Å². The van der Waals surface area contributed by atoms with Gasteiger partial charge in [-0.25, -0.2) is 4.98 Å².